The summed E-state index contributed by atoms with van der Waals surface area (Å²) in [7, 11) is 0. The average Bonchev–Trinajstić information content (AvgIpc) is 2.63. The van der Waals surface area contributed by atoms with Crippen molar-refractivity contribution in [1.29, 1.82) is 0 Å². The molecule has 2 aliphatic rings. The molecule has 0 aromatic heterocycles. The lowest BCUT2D eigenvalue weighted by molar-refractivity contribution is -0.157. The normalized spacial score (nSPS) is 21.0. The number of amides is 2. The summed E-state index contributed by atoms with van der Waals surface area (Å²) in [6, 6.07) is 7.15. The van der Waals surface area contributed by atoms with Gasteiger partial charge in [0.05, 0.1) is 12.1 Å². The van der Waals surface area contributed by atoms with Gasteiger partial charge in [-0.05, 0) is 31.9 Å². The van der Waals surface area contributed by atoms with E-state index < -0.39 is 24.1 Å². The summed E-state index contributed by atoms with van der Waals surface area (Å²) in [5, 5.41) is 5.62. The Bertz CT molecular complexity index is 684. The predicted molar refractivity (Wildman–Crippen MR) is 94.7 cm³/mol. The standard InChI is InChI=1S/C19H24N2O5/c1-12(18(23)20-13-7-3-2-4-8-13)25-17(22)11-16-19(24)21-14-9-5-6-10-15(14)26-16/h5-6,9-10,12-13,16H,2-4,7-8,11H2,1H3,(H,20,23)(H,21,24)/t12-,16-/m1/s1. The summed E-state index contributed by atoms with van der Waals surface area (Å²) < 4.78 is 10.7. The third kappa shape index (κ3) is 4.53. The van der Waals surface area contributed by atoms with E-state index in [0.29, 0.717) is 11.4 Å². The van der Waals surface area contributed by atoms with Gasteiger partial charge in [-0.15, -0.1) is 0 Å². The SMILES string of the molecule is C[C@@H](OC(=O)C[C@H]1Oc2ccccc2NC1=O)C(=O)NC1CCCCC1. The number of hydrogen-bond acceptors (Lipinski definition) is 5. The molecule has 0 radical (unpaired) electrons. The van der Waals surface area contributed by atoms with Gasteiger partial charge in [-0.3, -0.25) is 14.4 Å². The Morgan fingerprint density at radius 1 is 1.27 bits per heavy atom. The van der Waals surface area contributed by atoms with Gasteiger partial charge in [-0.25, -0.2) is 0 Å². The second kappa shape index (κ2) is 8.21. The van der Waals surface area contributed by atoms with E-state index in [1.807, 2.05) is 0 Å². The van der Waals surface area contributed by atoms with E-state index in [-0.39, 0.29) is 18.4 Å². The third-order valence-corrected chi connectivity index (χ3v) is 4.69. The van der Waals surface area contributed by atoms with Gasteiger partial charge in [0.15, 0.2) is 12.2 Å². The largest absolute Gasteiger partial charge is 0.478 e. The van der Waals surface area contributed by atoms with Crippen LogP contribution in [0, 0.1) is 0 Å². The van der Waals surface area contributed by atoms with Gasteiger partial charge in [0, 0.05) is 6.04 Å². The molecular weight excluding hydrogens is 336 g/mol. The van der Waals surface area contributed by atoms with Crippen LogP contribution in [-0.4, -0.2) is 36.0 Å². The first-order chi connectivity index (χ1) is 12.5. The first-order valence-electron chi connectivity index (χ1n) is 9.09. The van der Waals surface area contributed by atoms with Crippen molar-refractivity contribution in [2.45, 2.75) is 63.7 Å². The summed E-state index contributed by atoms with van der Waals surface area (Å²) in [6.45, 7) is 1.53. The van der Waals surface area contributed by atoms with Gasteiger partial charge >= 0.3 is 5.97 Å². The molecule has 0 unspecified atom stereocenters. The topological polar surface area (TPSA) is 93.7 Å². The maximum absolute atomic E-state index is 12.2. The lowest BCUT2D eigenvalue weighted by Gasteiger charge is -2.26. The molecule has 1 aliphatic carbocycles. The van der Waals surface area contributed by atoms with E-state index in [1.165, 1.54) is 13.3 Å². The highest BCUT2D eigenvalue weighted by Crippen LogP contribution is 2.29. The molecule has 1 aromatic carbocycles. The van der Waals surface area contributed by atoms with E-state index in [4.69, 9.17) is 9.47 Å². The molecule has 0 bridgehead atoms. The van der Waals surface area contributed by atoms with Crippen molar-refractivity contribution < 1.29 is 23.9 Å². The first kappa shape index (κ1) is 18.2. The minimum absolute atomic E-state index is 0.154. The van der Waals surface area contributed by atoms with Gasteiger partial charge < -0.3 is 20.1 Å². The van der Waals surface area contributed by atoms with E-state index in [2.05, 4.69) is 10.6 Å². The first-order valence-corrected chi connectivity index (χ1v) is 9.09. The lowest BCUT2D eigenvalue weighted by Crippen LogP contribution is -2.44. The maximum atomic E-state index is 12.2. The number of esters is 1. The molecule has 2 N–H and O–H groups in total. The number of ether oxygens (including phenoxy) is 2. The number of hydrogen-bond donors (Lipinski definition) is 2. The molecular formula is C19H24N2O5. The molecule has 1 saturated carbocycles. The number of benzene rings is 1. The molecule has 1 fully saturated rings. The maximum Gasteiger partial charge on any atom is 0.310 e. The average molecular weight is 360 g/mol. The van der Waals surface area contributed by atoms with Crippen molar-refractivity contribution >= 4 is 23.5 Å². The van der Waals surface area contributed by atoms with Gasteiger partial charge in [-0.1, -0.05) is 31.4 Å². The summed E-state index contributed by atoms with van der Waals surface area (Å²) >= 11 is 0. The van der Waals surface area contributed by atoms with Crippen molar-refractivity contribution in [3.8, 4) is 5.75 Å². The third-order valence-electron chi connectivity index (χ3n) is 4.69. The zero-order chi connectivity index (χ0) is 18.5. The molecule has 1 aromatic rings. The number of carbonyl (C=O) groups is 3. The second-order valence-corrected chi connectivity index (χ2v) is 6.77. The van der Waals surface area contributed by atoms with Crippen LogP contribution in [0.4, 0.5) is 5.69 Å². The number of carbonyl (C=O) groups excluding carboxylic acids is 3. The number of fused-ring (bicyclic) bond motifs is 1. The van der Waals surface area contributed by atoms with Crippen LogP contribution in [0.2, 0.25) is 0 Å². The van der Waals surface area contributed by atoms with Crippen LogP contribution in [0.15, 0.2) is 24.3 Å². The van der Waals surface area contributed by atoms with E-state index >= 15 is 0 Å². The van der Waals surface area contributed by atoms with Gasteiger partial charge in [0.1, 0.15) is 5.75 Å². The van der Waals surface area contributed by atoms with Crippen LogP contribution in [0.3, 0.4) is 0 Å². The quantitative estimate of drug-likeness (QED) is 0.785. The smallest absolute Gasteiger partial charge is 0.310 e. The fourth-order valence-corrected chi connectivity index (χ4v) is 3.24. The number of nitrogens with one attached hydrogen (secondary N) is 2. The summed E-state index contributed by atoms with van der Waals surface area (Å²) in [6.07, 6.45) is 3.21. The molecule has 3 rings (SSSR count). The Morgan fingerprint density at radius 2 is 2.00 bits per heavy atom. The van der Waals surface area contributed by atoms with Crippen molar-refractivity contribution in [3.05, 3.63) is 24.3 Å². The van der Waals surface area contributed by atoms with Gasteiger partial charge in [0.2, 0.25) is 0 Å². The van der Waals surface area contributed by atoms with Crippen molar-refractivity contribution in [1.82, 2.24) is 5.32 Å². The zero-order valence-corrected chi connectivity index (χ0v) is 14.8. The Hall–Kier alpha value is -2.57. The number of rotatable bonds is 5. The van der Waals surface area contributed by atoms with Crippen LogP contribution >= 0.6 is 0 Å². The molecule has 2 amide bonds. The predicted octanol–water partition coefficient (Wildman–Crippen LogP) is 2.16. The van der Waals surface area contributed by atoms with Crippen LogP contribution in [-0.2, 0) is 19.1 Å². The lowest BCUT2D eigenvalue weighted by atomic mass is 9.95. The highest BCUT2D eigenvalue weighted by atomic mass is 16.6. The highest BCUT2D eigenvalue weighted by molar-refractivity contribution is 5.99. The van der Waals surface area contributed by atoms with Crippen LogP contribution in [0.1, 0.15) is 45.4 Å². The zero-order valence-electron chi connectivity index (χ0n) is 14.8. The molecule has 0 saturated heterocycles. The second-order valence-electron chi connectivity index (χ2n) is 6.77. The van der Waals surface area contributed by atoms with Crippen LogP contribution in [0.25, 0.3) is 0 Å². The fourth-order valence-electron chi connectivity index (χ4n) is 3.24. The van der Waals surface area contributed by atoms with Crippen molar-refractivity contribution in [3.63, 3.8) is 0 Å². The fraction of sp³-hybridized carbons (Fsp3) is 0.526. The molecule has 140 valence electrons. The van der Waals surface area contributed by atoms with E-state index in [0.717, 1.165) is 25.7 Å². The summed E-state index contributed by atoms with van der Waals surface area (Å²) in [5.41, 5.74) is 0.572. The number of anilines is 1. The summed E-state index contributed by atoms with van der Waals surface area (Å²) in [5.74, 6) is -0.839. The molecule has 0 spiro atoms. The highest BCUT2D eigenvalue weighted by Gasteiger charge is 2.31. The molecule has 1 heterocycles. The van der Waals surface area contributed by atoms with Crippen LogP contribution < -0.4 is 15.4 Å². The van der Waals surface area contributed by atoms with Gasteiger partial charge in [-0.2, -0.15) is 0 Å². The summed E-state index contributed by atoms with van der Waals surface area (Å²) in [4.78, 5) is 36.3. The molecule has 26 heavy (non-hydrogen) atoms. The van der Waals surface area contributed by atoms with Crippen LogP contribution in [0.5, 0.6) is 5.75 Å². The molecule has 1 aliphatic heterocycles. The van der Waals surface area contributed by atoms with Crippen molar-refractivity contribution in [2.24, 2.45) is 0 Å². The Labute approximate surface area is 152 Å². The van der Waals surface area contributed by atoms with Crippen molar-refractivity contribution in [2.75, 3.05) is 5.32 Å². The minimum Gasteiger partial charge on any atom is -0.478 e. The Morgan fingerprint density at radius 3 is 2.77 bits per heavy atom. The number of para-hydroxylation sites is 2. The molecule has 7 heteroatoms. The van der Waals surface area contributed by atoms with Gasteiger partial charge in [0.25, 0.3) is 11.8 Å². The van der Waals surface area contributed by atoms with E-state index in [9.17, 15) is 14.4 Å². The molecule has 2 atom stereocenters. The minimum atomic E-state index is -0.967. The Balaban J connectivity index is 1.48. The monoisotopic (exact) mass is 360 g/mol. The molecule has 7 nitrogen and oxygen atoms in total. The Kier molecular flexibility index (Phi) is 5.75. The van der Waals surface area contributed by atoms with E-state index in [1.54, 1.807) is 24.3 Å².